The van der Waals surface area contributed by atoms with Crippen molar-refractivity contribution in [2.45, 2.75) is 12.3 Å². The molecule has 1 aliphatic carbocycles. The second-order valence-corrected chi connectivity index (χ2v) is 7.74. The van der Waals surface area contributed by atoms with Gasteiger partial charge in [-0.15, -0.1) is 0 Å². The second-order valence-electron chi connectivity index (χ2n) is 7.74. The molecule has 0 atom stereocenters. The Balaban J connectivity index is 1.13. The fourth-order valence-electron chi connectivity index (χ4n) is 4.20. The predicted molar refractivity (Wildman–Crippen MR) is 126 cm³/mol. The van der Waals surface area contributed by atoms with Crippen LogP contribution in [0.4, 0.5) is 4.79 Å². The third kappa shape index (κ3) is 4.06. The maximum absolute atomic E-state index is 12.2. The van der Waals surface area contributed by atoms with Crippen LogP contribution in [0.3, 0.4) is 0 Å². The molecule has 5 rings (SSSR count). The van der Waals surface area contributed by atoms with Crippen LogP contribution in [0.25, 0.3) is 21.9 Å². The number of nitrogens with zero attached hydrogens (tertiary/aromatic N) is 1. The Hall–Kier alpha value is -4.10. The molecule has 0 fully saturated rings. The third-order valence-electron chi connectivity index (χ3n) is 5.74. The van der Waals surface area contributed by atoms with Crippen molar-refractivity contribution in [3.63, 3.8) is 0 Å². The first kappa shape index (κ1) is 19.8. The molecule has 1 heterocycles. The molecule has 4 heteroatoms. The van der Waals surface area contributed by atoms with Crippen molar-refractivity contribution >= 4 is 16.9 Å². The standard InChI is InChI=1S/C28H22N2O2/c31-28(30-15-6-5-7-20-12-13-22-18-29-16-14-21(22)17-20)32-19-27-25-10-3-1-8-23(25)24-9-2-4-11-26(24)27/h1-4,8-14,16-18,27H,6,15,19H2,(H,30,31). The van der Waals surface area contributed by atoms with Crippen LogP contribution in [0.15, 0.2) is 85.2 Å². The van der Waals surface area contributed by atoms with Gasteiger partial charge in [-0.1, -0.05) is 66.4 Å². The molecule has 0 spiro atoms. The van der Waals surface area contributed by atoms with Gasteiger partial charge < -0.3 is 10.1 Å². The van der Waals surface area contributed by atoms with Crippen LogP contribution in [0.2, 0.25) is 0 Å². The molecule has 1 aromatic heterocycles. The number of hydrogen-bond acceptors (Lipinski definition) is 3. The molecule has 0 aliphatic heterocycles. The van der Waals surface area contributed by atoms with Gasteiger partial charge in [0.05, 0.1) is 0 Å². The van der Waals surface area contributed by atoms with Crippen LogP contribution in [0.1, 0.15) is 29.0 Å². The van der Waals surface area contributed by atoms with Crippen LogP contribution in [0, 0.1) is 11.8 Å². The summed E-state index contributed by atoms with van der Waals surface area (Å²) in [6, 6.07) is 24.6. The molecule has 0 saturated carbocycles. The summed E-state index contributed by atoms with van der Waals surface area (Å²) in [5.41, 5.74) is 5.80. The molecule has 1 aliphatic rings. The van der Waals surface area contributed by atoms with Gasteiger partial charge >= 0.3 is 6.09 Å². The summed E-state index contributed by atoms with van der Waals surface area (Å²) in [6.45, 7) is 0.763. The molecular weight excluding hydrogens is 396 g/mol. The minimum Gasteiger partial charge on any atom is -0.449 e. The second kappa shape index (κ2) is 8.95. The van der Waals surface area contributed by atoms with Crippen molar-refractivity contribution in [1.82, 2.24) is 10.3 Å². The molecule has 1 N–H and O–H groups in total. The minimum absolute atomic E-state index is 0.0658. The Bertz CT molecular complexity index is 1300. The zero-order chi connectivity index (χ0) is 21.8. The maximum Gasteiger partial charge on any atom is 0.407 e. The van der Waals surface area contributed by atoms with E-state index in [1.807, 2.05) is 54.7 Å². The highest BCUT2D eigenvalue weighted by Crippen LogP contribution is 2.44. The van der Waals surface area contributed by atoms with Crippen molar-refractivity contribution in [3.8, 4) is 23.0 Å². The van der Waals surface area contributed by atoms with Crippen LogP contribution in [0.5, 0.6) is 0 Å². The Kier molecular flexibility index (Phi) is 5.55. The number of pyridine rings is 1. The Morgan fingerprint density at radius 2 is 1.69 bits per heavy atom. The third-order valence-corrected chi connectivity index (χ3v) is 5.74. The Morgan fingerprint density at radius 3 is 2.47 bits per heavy atom. The molecular formula is C28H22N2O2. The largest absolute Gasteiger partial charge is 0.449 e. The topological polar surface area (TPSA) is 51.2 Å². The van der Waals surface area contributed by atoms with Crippen molar-refractivity contribution in [1.29, 1.82) is 0 Å². The SMILES string of the molecule is O=C(NCCC#Cc1ccc2cnccc2c1)OCC1c2ccccc2-c2ccccc21. The van der Waals surface area contributed by atoms with E-state index in [9.17, 15) is 4.79 Å². The Labute approximate surface area is 187 Å². The number of benzene rings is 3. The van der Waals surface area contributed by atoms with Crippen LogP contribution in [-0.4, -0.2) is 24.2 Å². The van der Waals surface area contributed by atoms with Crippen molar-refractivity contribution in [2.75, 3.05) is 13.2 Å². The number of fused-ring (bicyclic) bond motifs is 4. The number of rotatable bonds is 4. The number of aromatic nitrogens is 1. The molecule has 4 nitrogen and oxygen atoms in total. The lowest BCUT2D eigenvalue weighted by Gasteiger charge is -2.14. The molecule has 3 aromatic carbocycles. The zero-order valence-electron chi connectivity index (χ0n) is 17.5. The summed E-state index contributed by atoms with van der Waals surface area (Å²) in [7, 11) is 0. The van der Waals surface area contributed by atoms with E-state index in [0.717, 1.165) is 16.3 Å². The number of amides is 1. The summed E-state index contributed by atoms with van der Waals surface area (Å²) in [4.78, 5) is 16.3. The highest BCUT2D eigenvalue weighted by molar-refractivity contribution is 5.83. The first-order valence-corrected chi connectivity index (χ1v) is 10.7. The van der Waals surface area contributed by atoms with Gasteiger partial charge in [-0.25, -0.2) is 4.79 Å². The van der Waals surface area contributed by atoms with Gasteiger partial charge in [0.1, 0.15) is 6.61 Å². The summed E-state index contributed by atoms with van der Waals surface area (Å²) < 4.78 is 5.55. The summed E-state index contributed by atoms with van der Waals surface area (Å²) in [6.07, 6.45) is 3.76. The highest BCUT2D eigenvalue weighted by atomic mass is 16.5. The number of alkyl carbamates (subject to hydrolysis) is 1. The van der Waals surface area contributed by atoms with E-state index in [0.29, 0.717) is 19.6 Å². The average Bonchev–Trinajstić information content (AvgIpc) is 3.16. The number of carbonyl (C=O) groups is 1. The average molecular weight is 418 g/mol. The molecule has 4 aromatic rings. The van der Waals surface area contributed by atoms with E-state index in [2.05, 4.69) is 46.4 Å². The molecule has 0 unspecified atom stereocenters. The zero-order valence-corrected chi connectivity index (χ0v) is 17.5. The first-order valence-electron chi connectivity index (χ1n) is 10.7. The van der Waals surface area contributed by atoms with E-state index in [1.165, 1.54) is 22.3 Å². The number of hydrogen-bond donors (Lipinski definition) is 1. The molecule has 1 amide bonds. The van der Waals surface area contributed by atoms with Crippen molar-refractivity contribution < 1.29 is 9.53 Å². The smallest absolute Gasteiger partial charge is 0.407 e. The summed E-state index contributed by atoms with van der Waals surface area (Å²) in [5.74, 6) is 6.32. The van der Waals surface area contributed by atoms with E-state index in [4.69, 9.17) is 4.74 Å². The number of carbonyl (C=O) groups excluding carboxylic acids is 1. The minimum atomic E-state index is -0.410. The molecule has 0 bridgehead atoms. The lowest BCUT2D eigenvalue weighted by Crippen LogP contribution is -2.26. The van der Waals surface area contributed by atoms with Crippen LogP contribution < -0.4 is 5.32 Å². The van der Waals surface area contributed by atoms with Gasteiger partial charge in [-0.3, -0.25) is 4.98 Å². The van der Waals surface area contributed by atoms with E-state index in [-0.39, 0.29) is 5.92 Å². The first-order chi connectivity index (χ1) is 15.8. The molecule has 0 saturated heterocycles. The van der Waals surface area contributed by atoms with E-state index in [1.54, 1.807) is 6.20 Å². The fourth-order valence-corrected chi connectivity index (χ4v) is 4.20. The van der Waals surface area contributed by atoms with Gasteiger partial charge in [0.15, 0.2) is 0 Å². The van der Waals surface area contributed by atoms with Gasteiger partial charge in [-0.2, -0.15) is 0 Å². The Morgan fingerprint density at radius 1 is 0.938 bits per heavy atom. The van der Waals surface area contributed by atoms with Gasteiger partial charge in [-0.05, 0) is 45.8 Å². The molecule has 156 valence electrons. The summed E-state index contributed by atoms with van der Waals surface area (Å²) >= 11 is 0. The molecule has 32 heavy (non-hydrogen) atoms. The lowest BCUT2D eigenvalue weighted by atomic mass is 9.98. The maximum atomic E-state index is 12.2. The lowest BCUT2D eigenvalue weighted by molar-refractivity contribution is 0.143. The quantitative estimate of drug-likeness (QED) is 0.351. The highest BCUT2D eigenvalue weighted by Gasteiger charge is 2.28. The van der Waals surface area contributed by atoms with Gasteiger partial charge in [0.25, 0.3) is 0 Å². The van der Waals surface area contributed by atoms with Crippen molar-refractivity contribution in [2.24, 2.45) is 0 Å². The van der Waals surface area contributed by atoms with Crippen LogP contribution in [-0.2, 0) is 4.74 Å². The predicted octanol–water partition coefficient (Wildman–Crippen LogP) is 5.52. The summed E-state index contributed by atoms with van der Waals surface area (Å²) in [5, 5.41) is 5.01. The van der Waals surface area contributed by atoms with Gasteiger partial charge in [0, 0.05) is 42.2 Å². The van der Waals surface area contributed by atoms with Crippen LogP contribution >= 0.6 is 0 Å². The fraction of sp³-hybridized carbons (Fsp3) is 0.143. The molecule has 0 radical (unpaired) electrons. The van der Waals surface area contributed by atoms with Crippen molar-refractivity contribution in [3.05, 3.63) is 102 Å². The van der Waals surface area contributed by atoms with E-state index < -0.39 is 6.09 Å². The monoisotopic (exact) mass is 418 g/mol. The van der Waals surface area contributed by atoms with E-state index >= 15 is 0 Å². The van der Waals surface area contributed by atoms with Gasteiger partial charge in [0.2, 0.25) is 0 Å². The normalized spacial score (nSPS) is 11.9. The number of ether oxygens (including phenoxy) is 1. The number of nitrogens with one attached hydrogen (secondary N) is 1.